The van der Waals surface area contributed by atoms with Crippen LogP contribution in [0.1, 0.15) is 55.4 Å². The van der Waals surface area contributed by atoms with E-state index in [9.17, 15) is 27.6 Å². The monoisotopic (exact) mass is 603 g/mol. The Balaban J connectivity index is 1.71. The molecule has 13 heteroatoms. The molecule has 0 spiro atoms. The number of rotatable bonds is 14. The number of nitrogens with one attached hydrogen (secondary N) is 2. The van der Waals surface area contributed by atoms with Crippen LogP contribution in [0.2, 0.25) is 6.82 Å². The van der Waals surface area contributed by atoms with E-state index in [1.807, 2.05) is 38.9 Å². The Hall–Kier alpha value is -3.26. The van der Waals surface area contributed by atoms with Gasteiger partial charge < -0.3 is 32.5 Å². The lowest BCUT2D eigenvalue weighted by Gasteiger charge is -2.22. The van der Waals surface area contributed by atoms with Crippen LogP contribution in [0, 0.1) is 0 Å². The normalized spacial score (nSPS) is 15.6. The smallest absolute Gasteiger partial charge is 0.416 e. The second-order valence-electron chi connectivity index (χ2n) is 11.5. The van der Waals surface area contributed by atoms with Crippen molar-refractivity contribution in [2.45, 2.75) is 82.7 Å². The molecule has 1 aliphatic rings. The molecule has 0 aromatic heterocycles. The molecule has 3 rings (SSSR count). The zero-order valence-corrected chi connectivity index (χ0v) is 24.8. The summed E-state index contributed by atoms with van der Waals surface area (Å²) in [6, 6.07) is 8.01. The van der Waals surface area contributed by atoms with Gasteiger partial charge in [-0.1, -0.05) is 37.2 Å². The lowest BCUT2D eigenvalue weighted by Crippen LogP contribution is -2.49. The first kappa shape index (κ1) is 34.2. The molecular weight excluding hydrogens is 562 g/mol. The number of Topliss-reactive ketones (excluding diaryl/α,β-unsaturated/α-hetero) is 1. The van der Waals surface area contributed by atoms with E-state index in [4.69, 9.17) is 21.9 Å². The van der Waals surface area contributed by atoms with Crippen LogP contribution in [0.15, 0.2) is 42.5 Å². The van der Waals surface area contributed by atoms with Crippen LogP contribution in [0.3, 0.4) is 0 Å². The van der Waals surface area contributed by atoms with Crippen molar-refractivity contribution in [3.8, 4) is 0 Å². The quantitative estimate of drug-likeness (QED) is 0.205. The first-order valence-electron chi connectivity index (χ1n) is 14.4. The van der Waals surface area contributed by atoms with Crippen molar-refractivity contribution in [2.24, 2.45) is 17.2 Å². The Morgan fingerprint density at radius 3 is 2.21 bits per heavy atom. The highest BCUT2D eigenvalue weighted by Crippen LogP contribution is 2.31. The molecule has 8 N–H and O–H groups in total. The molecule has 9 nitrogen and oxygen atoms in total. The number of alkyl halides is 3. The van der Waals surface area contributed by atoms with Gasteiger partial charge in [0.2, 0.25) is 11.8 Å². The number of carbonyl (C=O) groups excluding carboxylic acids is 3. The van der Waals surface area contributed by atoms with E-state index in [2.05, 4.69) is 10.6 Å². The van der Waals surface area contributed by atoms with Gasteiger partial charge in [-0.05, 0) is 67.4 Å². The summed E-state index contributed by atoms with van der Waals surface area (Å²) < 4.78 is 45.0. The maximum absolute atomic E-state index is 13.5. The van der Waals surface area contributed by atoms with E-state index < -0.39 is 35.3 Å². The molecule has 1 heterocycles. The fourth-order valence-electron chi connectivity index (χ4n) is 5.18. The minimum Gasteiger partial charge on any atom is -0.422 e. The van der Waals surface area contributed by atoms with Gasteiger partial charge in [-0.3, -0.25) is 14.4 Å². The summed E-state index contributed by atoms with van der Waals surface area (Å²) >= 11 is 0. The highest BCUT2D eigenvalue weighted by Gasteiger charge is 2.38. The minimum absolute atomic E-state index is 0.0207. The summed E-state index contributed by atoms with van der Waals surface area (Å²) in [5.74, 6) is -1.23. The predicted octanol–water partition coefficient (Wildman–Crippen LogP) is 1.54. The Bertz CT molecular complexity index is 1290. The topological polar surface area (TPSA) is 163 Å². The zero-order valence-electron chi connectivity index (χ0n) is 24.8. The summed E-state index contributed by atoms with van der Waals surface area (Å²) in [5.41, 5.74) is 19.2. The Morgan fingerprint density at radius 1 is 0.977 bits per heavy atom. The van der Waals surface area contributed by atoms with Gasteiger partial charge in [0.15, 0.2) is 5.78 Å². The molecular formula is C30H41BF3N5O4. The number of nitrogens with two attached hydrogens (primary N) is 3. The number of halogens is 3. The first-order chi connectivity index (χ1) is 20.1. The molecule has 0 fully saturated rings. The third-order valence-corrected chi connectivity index (χ3v) is 7.72. The van der Waals surface area contributed by atoms with E-state index in [1.165, 1.54) is 12.1 Å². The molecule has 2 amide bonds. The summed E-state index contributed by atoms with van der Waals surface area (Å²) in [6.07, 6.45) is -4.06. The number of hydrogen-bond acceptors (Lipinski definition) is 7. The van der Waals surface area contributed by atoms with Crippen molar-refractivity contribution in [2.75, 3.05) is 13.1 Å². The standard InChI is InChI=1S/C30H41BF3N5O4/c1-29(2)22-14-19(6-10-23(22)31(3)43-29)15-26(40)25(12-7-18-4-8-20(9-5-18)30(32,33)34)39-28(42)24(37)11-13-27(41)38-21(16-35)17-36/h4-6,8-10,14,21,24-25H,7,11-13,15-17,35-37H2,1-3H3,(H,38,41)(H,39,42)/t24-,25+/m0/s1. The number of benzene rings is 2. The number of ketones is 1. The average molecular weight is 603 g/mol. The van der Waals surface area contributed by atoms with Crippen LogP contribution in [0.5, 0.6) is 0 Å². The van der Waals surface area contributed by atoms with Crippen LogP contribution in [0.4, 0.5) is 13.2 Å². The van der Waals surface area contributed by atoms with Crippen molar-refractivity contribution in [3.63, 3.8) is 0 Å². The average Bonchev–Trinajstić information content (AvgIpc) is 3.18. The van der Waals surface area contributed by atoms with Gasteiger partial charge in [-0.25, -0.2) is 0 Å². The third kappa shape index (κ3) is 9.36. The maximum atomic E-state index is 13.5. The maximum Gasteiger partial charge on any atom is 0.416 e. The molecule has 0 aliphatic carbocycles. The molecule has 2 aromatic carbocycles. The van der Waals surface area contributed by atoms with Gasteiger partial charge in [-0.15, -0.1) is 0 Å². The lowest BCUT2D eigenvalue weighted by atomic mass is 9.64. The van der Waals surface area contributed by atoms with E-state index in [0.717, 1.165) is 28.7 Å². The summed E-state index contributed by atoms with van der Waals surface area (Å²) in [4.78, 5) is 38.7. The molecule has 0 radical (unpaired) electrons. The fraction of sp³-hybridized carbons (Fsp3) is 0.500. The Morgan fingerprint density at radius 2 is 1.60 bits per heavy atom. The van der Waals surface area contributed by atoms with Crippen LogP contribution in [0.25, 0.3) is 0 Å². The largest absolute Gasteiger partial charge is 0.422 e. The molecule has 0 bridgehead atoms. The molecule has 1 aliphatic heterocycles. The summed E-state index contributed by atoms with van der Waals surface area (Å²) in [7, 11) is 0. The molecule has 2 aromatic rings. The molecule has 43 heavy (non-hydrogen) atoms. The second kappa shape index (κ2) is 14.5. The van der Waals surface area contributed by atoms with Gasteiger partial charge in [0, 0.05) is 25.9 Å². The second-order valence-corrected chi connectivity index (χ2v) is 11.5. The van der Waals surface area contributed by atoms with E-state index in [-0.39, 0.29) is 69.8 Å². The van der Waals surface area contributed by atoms with Crippen LogP contribution in [-0.4, -0.2) is 55.7 Å². The first-order valence-corrected chi connectivity index (χ1v) is 14.4. The molecule has 2 atom stereocenters. The highest BCUT2D eigenvalue weighted by molar-refractivity contribution is 6.67. The molecule has 234 valence electrons. The number of amides is 2. The zero-order chi connectivity index (χ0) is 31.9. The fourth-order valence-corrected chi connectivity index (χ4v) is 5.18. The van der Waals surface area contributed by atoms with E-state index in [0.29, 0.717) is 5.56 Å². The van der Waals surface area contributed by atoms with Crippen molar-refractivity contribution in [3.05, 3.63) is 64.7 Å². The number of aryl methyl sites for hydroxylation is 1. The van der Waals surface area contributed by atoms with Gasteiger partial charge >= 0.3 is 13.1 Å². The molecule has 0 saturated carbocycles. The Labute approximate surface area is 250 Å². The molecule has 0 unspecified atom stereocenters. The number of fused-ring (bicyclic) bond motifs is 1. The van der Waals surface area contributed by atoms with Crippen LogP contribution < -0.4 is 33.3 Å². The SMILES string of the molecule is CB1OC(C)(C)c2cc(CC(=O)[C@@H](CCc3ccc(C(F)(F)F)cc3)NC(=O)[C@@H](N)CCC(=O)NC(CN)CN)ccc21. The van der Waals surface area contributed by atoms with E-state index >= 15 is 0 Å². The third-order valence-electron chi connectivity index (χ3n) is 7.72. The summed E-state index contributed by atoms with van der Waals surface area (Å²) in [6.45, 7) is 6.15. The van der Waals surface area contributed by atoms with Crippen molar-refractivity contribution < 1.29 is 32.2 Å². The minimum atomic E-state index is -4.46. The van der Waals surface area contributed by atoms with Gasteiger partial charge in [0.25, 0.3) is 0 Å². The number of hydrogen-bond donors (Lipinski definition) is 5. The van der Waals surface area contributed by atoms with E-state index in [1.54, 1.807) is 0 Å². The number of carbonyl (C=O) groups is 3. The lowest BCUT2D eigenvalue weighted by molar-refractivity contribution is -0.137. The predicted molar refractivity (Wildman–Crippen MR) is 159 cm³/mol. The van der Waals surface area contributed by atoms with Crippen LogP contribution in [-0.2, 0) is 43.7 Å². The van der Waals surface area contributed by atoms with Crippen LogP contribution >= 0.6 is 0 Å². The molecule has 0 saturated heterocycles. The van der Waals surface area contributed by atoms with Gasteiger partial charge in [0.1, 0.15) is 0 Å². The van der Waals surface area contributed by atoms with Gasteiger partial charge in [-0.2, -0.15) is 13.2 Å². The van der Waals surface area contributed by atoms with Gasteiger partial charge in [0.05, 0.1) is 29.3 Å². The Kier molecular flexibility index (Phi) is 11.5. The van der Waals surface area contributed by atoms with Crippen molar-refractivity contribution in [1.29, 1.82) is 0 Å². The van der Waals surface area contributed by atoms with Crippen molar-refractivity contribution in [1.82, 2.24) is 10.6 Å². The highest BCUT2D eigenvalue weighted by atomic mass is 19.4. The summed E-state index contributed by atoms with van der Waals surface area (Å²) in [5, 5.41) is 5.38. The van der Waals surface area contributed by atoms with Crippen molar-refractivity contribution >= 4 is 30.0 Å².